The van der Waals surface area contributed by atoms with Gasteiger partial charge in [0.15, 0.2) is 0 Å². The quantitative estimate of drug-likeness (QED) is 0.864. The summed E-state index contributed by atoms with van der Waals surface area (Å²) in [5.74, 6) is -1.21. The fraction of sp³-hybridized carbons (Fsp3) is 0.0714. The Labute approximate surface area is 103 Å². The molecular weight excluding hydrogens is 236 g/mol. The van der Waals surface area contributed by atoms with Crippen molar-refractivity contribution in [2.75, 3.05) is 5.32 Å². The fourth-order valence-corrected chi connectivity index (χ4v) is 1.65. The predicted molar refractivity (Wildman–Crippen MR) is 65.5 cm³/mol. The number of anilines is 1. The highest BCUT2D eigenvalue weighted by Crippen LogP contribution is 2.14. The van der Waals surface area contributed by atoms with Crippen LogP contribution in [0.25, 0.3) is 0 Å². The molecule has 0 atom stereocenters. The molecule has 2 rings (SSSR count). The van der Waals surface area contributed by atoms with Crippen LogP contribution < -0.4 is 5.32 Å². The summed E-state index contributed by atoms with van der Waals surface area (Å²) < 4.78 is 25.9. The van der Waals surface area contributed by atoms with E-state index in [0.717, 1.165) is 0 Å². The molecule has 0 heterocycles. The highest BCUT2D eigenvalue weighted by molar-refractivity contribution is 6.05. The van der Waals surface area contributed by atoms with Crippen LogP contribution in [0.5, 0.6) is 0 Å². The second kappa shape index (κ2) is 4.96. The lowest BCUT2D eigenvalue weighted by molar-refractivity contribution is 0.102. The number of hydrogen-bond donors (Lipinski definition) is 1. The van der Waals surface area contributed by atoms with E-state index in [0.29, 0.717) is 16.8 Å². The van der Waals surface area contributed by atoms with Crippen LogP contribution in [0, 0.1) is 18.6 Å². The Morgan fingerprint density at radius 1 is 1.06 bits per heavy atom. The van der Waals surface area contributed by atoms with Gasteiger partial charge in [-0.1, -0.05) is 6.07 Å². The number of rotatable bonds is 2. The molecule has 1 amide bonds. The molecular formula is C14H11F2NO. The minimum atomic E-state index is -0.427. The zero-order valence-corrected chi connectivity index (χ0v) is 9.71. The molecule has 2 aromatic rings. The lowest BCUT2D eigenvalue weighted by Crippen LogP contribution is -2.13. The van der Waals surface area contributed by atoms with Crippen LogP contribution in [-0.4, -0.2) is 5.91 Å². The number of carbonyl (C=O) groups excluding carboxylic acids is 1. The lowest BCUT2D eigenvalue weighted by Gasteiger charge is -2.07. The number of nitrogens with one attached hydrogen (secondary N) is 1. The third-order valence-electron chi connectivity index (χ3n) is 2.52. The number of benzene rings is 2. The summed E-state index contributed by atoms with van der Waals surface area (Å²) in [6, 6.07) is 9.49. The van der Waals surface area contributed by atoms with E-state index in [2.05, 4.69) is 5.32 Å². The van der Waals surface area contributed by atoms with Crippen LogP contribution >= 0.6 is 0 Å². The molecule has 0 aliphatic rings. The van der Waals surface area contributed by atoms with E-state index < -0.39 is 17.5 Å². The van der Waals surface area contributed by atoms with Gasteiger partial charge in [0, 0.05) is 11.3 Å². The summed E-state index contributed by atoms with van der Waals surface area (Å²) in [4.78, 5) is 11.9. The van der Waals surface area contributed by atoms with Crippen molar-refractivity contribution in [3.05, 3.63) is 65.2 Å². The van der Waals surface area contributed by atoms with E-state index in [4.69, 9.17) is 0 Å². The standard InChI is InChI=1S/C14H11F2NO/c1-9-7-11(16)5-6-13(9)14(18)17-12-4-2-3-10(15)8-12/h2-8H,1H3,(H,17,18). The van der Waals surface area contributed by atoms with Crippen LogP contribution in [0.3, 0.4) is 0 Å². The third kappa shape index (κ3) is 2.71. The highest BCUT2D eigenvalue weighted by atomic mass is 19.1. The Morgan fingerprint density at radius 2 is 1.78 bits per heavy atom. The van der Waals surface area contributed by atoms with Crippen molar-refractivity contribution in [3.8, 4) is 0 Å². The molecule has 18 heavy (non-hydrogen) atoms. The molecule has 0 aromatic heterocycles. The normalized spacial score (nSPS) is 10.2. The molecule has 1 N–H and O–H groups in total. The smallest absolute Gasteiger partial charge is 0.255 e. The molecule has 0 fully saturated rings. The maximum Gasteiger partial charge on any atom is 0.255 e. The van der Waals surface area contributed by atoms with E-state index in [1.807, 2.05) is 0 Å². The van der Waals surface area contributed by atoms with Gasteiger partial charge in [0.05, 0.1) is 0 Å². The maximum atomic E-state index is 13.0. The Balaban J connectivity index is 2.22. The fourth-order valence-electron chi connectivity index (χ4n) is 1.65. The summed E-state index contributed by atoms with van der Waals surface area (Å²) in [7, 11) is 0. The van der Waals surface area contributed by atoms with Gasteiger partial charge in [-0.15, -0.1) is 0 Å². The van der Waals surface area contributed by atoms with Crippen molar-refractivity contribution in [2.24, 2.45) is 0 Å². The number of amides is 1. The average Bonchev–Trinajstić information content (AvgIpc) is 2.28. The monoisotopic (exact) mass is 247 g/mol. The van der Waals surface area contributed by atoms with Crippen molar-refractivity contribution >= 4 is 11.6 Å². The van der Waals surface area contributed by atoms with Gasteiger partial charge in [0.2, 0.25) is 0 Å². The van der Waals surface area contributed by atoms with E-state index in [1.165, 1.54) is 36.4 Å². The molecule has 0 aliphatic carbocycles. The summed E-state index contributed by atoms with van der Waals surface area (Å²) >= 11 is 0. The molecule has 0 unspecified atom stereocenters. The second-order valence-electron chi connectivity index (χ2n) is 3.92. The van der Waals surface area contributed by atoms with Crippen LogP contribution in [0.4, 0.5) is 14.5 Å². The molecule has 0 aliphatic heterocycles. The molecule has 0 radical (unpaired) electrons. The zero-order chi connectivity index (χ0) is 13.1. The predicted octanol–water partition coefficient (Wildman–Crippen LogP) is 3.53. The first-order chi connectivity index (χ1) is 8.56. The largest absolute Gasteiger partial charge is 0.322 e. The van der Waals surface area contributed by atoms with E-state index in [-0.39, 0.29) is 0 Å². The van der Waals surface area contributed by atoms with Crippen molar-refractivity contribution in [1.29, 1.82) is 0 Å². The summed E-state index contributed by atoms with van der Waals surface area (Å²) in [6.07, 6.45) is 0. The minimum Gasteiger partial charge on any atom is -0.322 e. The molecule has 92 valence electrons. The lowest BCUT2D eigenvalue weighted by atomic mass is 10.1. The molecule has 0 spiro atoms. The minimum absolute atomic E-state index is 0.362. The van der Waals surface area contributed by atoms with Crippen molar-refractivity contribution in [1.82, 2.24) is 0 Å². The van der Waals surface area contributed by atoms with E-state index in [9.17, 15) is 13.6 Å². The first-order valence-corrected chi connectivity index (χ1v) is 5.39. The SMILES string of the molecule is Cc1cc(F)ccc1C(=O)Nc1cccc(F)c1. The molecule has 4 heteroatoms. The van der Waals surface area contributed by atoms with Gasteiger partial charge in [-0.25, -0.2) is 8.78 Å². The topological polar surface area (TPSA) is 29.1 Å². The first kappa shape index (κ1) is 12.2. The van der Waals surface area contributed by atoms with Crippen LogP contribution in [0.2, 0.25) is 0 Å². The van der Waals surface area contributed by atoms with Crippen molar-refractivity contribution < 1.29 is 13.6 Å². The zero-order valence-electron chi connectivity index (χ0n) is 9.71. The Bertz CT molecular complexity index is 596. The Morgan fingerprint density at radius 3 is 2.44 bits per heavy atom. The second-order valence-corrected chi connectivity index (χ2v) is 3.92. The van der Waals surface area contributed by atoms with Gasteiger partial charge in [0.1, 0.15) is 11.6 Å². The molecule has 0 saturated heterocycles. The number of hydrogen-bond acceptors (Lipinski definition) is 1. The highest BCUT2D eigenvalue weighted by Gasteiger charge is 2.10. The number of aryl methyl sites for hydroxylation is 1. The van der Waals surface area contributed by atoms with E-state index in [1.54, 1.807) is 13.0 Å². The average molecular weight is 247 g/mol. The molecule has 2 nitrogen and oxygen atoms in total. The van der Waals surface area contributed by atoms with Crippen LogP contribution in [0.1, 0.15) is 15.9 Å². The third-order valence-corrected chi connectivity index (χ3v) is 2.52. The van der Waals surface area contributed by atoms with E-state index >= 15 is 0 Å². The Hall–Kier alpha value is -2.23. The van der Waals surface area contributed by atoms with Crippen LogP contribution in [0.15, 0.2) is 42.5 Å². The summed E-state index contributed by atoms with van der Waals surface area (Å²) in [5, 5.41) is 2.56. The van der Waals surface area contributed by atoms with Gasteiger partial charge < -0.3 is 5.32 Å². The summed E-state index contributed by atoms with van der Waals surface area (Å²) in [6.45, 7) is 1.64. The van der Waals surface area contributed by atoms with Gasteiger partial charge in [-0.2, -0.15) is 0 Å². The number of carbonyl (C=O) groups is 1. The first-order valence-electron chi connectivity index (χ1n) is 5.39. The molecule has 0 saturated carbocycles. The van der Waals surface area contributed by atoms with Gasteiger partial charge in [-0.05, 0) is 48.9 Å². The summed E-state index contributed by atoms with van der Waals surface area (Å²) in [5.41, 5.74) is 1.26. The van der Waals surface area contributed by atoms with Gasteiger partial charge in [-0.3, -0.25) is 4.79 Å². The molecule has 2 aromatic carbocycles. The van der Waals surface area contributed by atoms with Crippen LogP contribution in [-0.2, 0) is 0 Å². The molecule has 0 bridgehead atoms. The van der Waals surface area contributed by atoms with Crippen molar-refractivity contribution in [2.45, 2.75) is 6.92 Å². The maximum absolute atomic E-state index is 13.0. The van der Waals surface area contributed by atoms with Gasteiger partial charge in [0.25, 0.3) is 5.91 Å². The number of halogens is 2. The van der Waals surface area contributed by atoms with Crippen molar-refractivity contribution in [3.63, 3.8) is 0 Å². The Kier molecular flexibility index (Phi) is 3.37. The van der Waals surface area contributed by atoms with Gasteiger partial charge >= 0.3 is 0 Å².